The minimum absolute atomic E-state index is 0.0444. The first-order chi connectivity index (χ1) is 13.5. The van der Waals surface area contributed by atoms with Gasteiger partial charge in [0.2, 0.25) is 0 Å². The van der Waals surface area contributed by atoms with Gasteiger partial charge < -0.3 is 10.2 Å². The number of nitrogens with zero attached hydrogens (tertiary/aromatic N) is 2. The Morgan fingerprint density at radius 2 is 1.93 bits per heavy atom. The number of carbonyl (C=O) groups excluding carboxylic acids is 1. The number of halogens is 3. The normalized spacial score (nSPS) is 15.0. The maximum absolute atomic E-state index is 14.0. The molecule has 0 saturated carbocycles. The van der Waals surface area contributed by atoms with Crippen LogP contribution in [0.3, 0.4) is 0 Å². The third-order valence-electron chi connectivity index (χ3n) is 5.05. The Morgan fingerprint density at radius 3 is 2.71 bits per heavy atom. The van der Waals surface area contributed by atoms with Crippen molar-refractivity contribution in [2.75, 3.05) is 18.0 Å². The summed E-state index contributed by atoms with van der Waals surface area (Å²) in [4.78, 5) is 18.8. The zero-order valence-electron chi connectivity index (χ0n) is 15.0. The predicted octanol–water partition coefficient (Wildman–Crippen LogP) is 4.57. The number of hydrogen-bond donors (Lipinski definition) is 1. The molecule has 3 aromatic rings. The van der Waals surface area contributed by atoms with Crippen LogP contribution in [0.2, 0.25) is 5.02 Å². The largest absolute Gasteiger partial charge is 0.371 e. The number of rotatable bonds is 3. The van der Waals surface area contributed by atoms with Crippen molar-refractivity contribution in [1.82, 2.24) is 10.3 Å². The second-order valence-corrected chi connectivity index (χ2v) is 7.23. The van der Waals surface area contributed by atoms with Gasteiger partial charge in [-0.2, -0.15) is 0 Å². The maximum atomic E-state index is 14.0. The summed E-state index contributed by atoms with van der Waals surface area (Å²) < 4.78 is 27.5. The zero-order valence-corrected chi connectivity index (χ0v) is 15.7. The highest BCUT2D eigenvalue weighted by molar-refractivity contribution is 6.31. The monoisotopic (exact) mass is 401 g/mol. The molecule has 7 heteroatoms. The predicted molar refractivity (Wildman–Crippen MR) is 106 cm³/mol. The molecule has 1 saturated heterocycles. The summed E-state index contributed by atoms with van der Waals surface area (Å²) in [5, 5.41) is 3.72. The lowest BCUT2D eigenvalue weighted by molar-refractivity contribution is 0.0927. The van der Waals surface area contributed by atoms with Crippen molar-refractivity contribution in [3.63, 3.8) is 0 Å². The van der Waals surface area contributed by atoms with E-state index >= 15 is 0 Å². The second kappa shape index (κ2) is 7.72. The van der Waals surface area contributed by atoms with Crippen LogP contribution >= 0.6 is 11.6 Å². The molecule has 1 N–H and O–H groups in total. The molecule has 0 bridgehead atoms. The number of piperidine rings is 1. The van der Waals surface area contributed by atoms with E-state index in [9.17, 15) is 13.6 Å². The fourth-order valence-corrected chi connectivity index (χ4v) is 3.76. The molecular weight excluding hydrogens is 384 g/mol. The van der Waals surface area contributed by atoms with Gasteiger partial charge in [0.05, 0.1) is 16.1 Å². The number of benzene rings is 2. The van der Waals surface area contributed by atoms with Gasteiger partial charge in [0, 0.05) is 42.5 Å². The number of fused-ring (bicyclic) bond motifs is 1. The first-order valence-electron chi connectivity index (χ1n) is 9.07. The van der Waals surface area contributed by atoms with Crippen LogP contribution in [-0.4, -0.2) is 30.0 Å². The zero-order chi connectivity index (χ0) is 19.7. The Morgan fingerprint density at radius 1 is 1.14 bits per heavy atom. The number of hydrogen-bond acceptors (Lipinski definition) is 3. The van der Waals surface area contributed by atoms with E-state index < -0.39 is 11.7 Å². The number of aromatic nitrogens is 1. The molecule has 28 heavy (non-hydrogen) atoms. The van der Waals surface area contributed by atoms with Crippen LogP contribution in [0.15, 0.2) is 48.7 Å². The standard InChI is InChI=1S/C21H18ClF2N3O/c22-17-3-1-2-16(20(17)24)21(28)26-14-7-10-27(11-8-14)19-6-9-25-18-12-13(23)4-5-15(18)19/h1-6,9,12,14H,7-8,10-11H2,(H,26,28). The van der Waals surface area contributed by atoms with Crippen molar-refractivity contribution in [3.8, 4) is 0 Å². The molecular formula is C21H18ClF2N3O. The van der Waals surface area contributed by atoms with E-state index in [-0.39, 0.29) is 22.4 Å². The number of anilines is 1. The van der Waals surface area contributed by atoms with Crippen LogP contribution in [0.4, 0.5) is 14.5 Å². The number of amides is 1. The highest BCUT2D eigenvalue weighted by Crippen LogP contribution is 2.28. The quantitative estimate of drug-likeness (QED) is 0.699. The van der Waals surface area contributed by atoms with Crippen LogP contribution in [0.25, 0.3) is 10.9 Å². The molecule has 2 aromatic carbocycles. The number of carbonyl (C=O) groups is 1. The molecule has 1 aliphatic heterocycles. The third kappa shape index (κ3) is 3.64. The first kappa shape index (κ1) is 18.6. The number of pyridine rings is 1. The SMILES string of the molecule is O=C(NC1CCN(c2ccnc3cc(F)ccc23)CC1)c1cccc(Cl)c1F. The highest BCUT2D eigenvalue weighted by atomic mass is 35.5. The Hall–Kier alpha value is -2.73. The lowest BCUT2D eigenvalue weighted by atomic mass is 10.0. The molecule has 0 aliphatic carbocycles. The van der Waals surface area contributed by atoms with Gasteiger partial charge >= 0.3 is 0 Å². The highest BCUT2D eigenvalue weighted by Gasteiger charge is 2.24. The van der Waals surface area contributed by atoms with Gasteiger partial charge in [-0.25, -0.2) is 8.78 Å². The summed E-state index contributed by atoms with van der Waals surface area (Å²) in [7, 11) is 0. The van der Waals surface area contributed by atoms with E-state index in [4.69, 9.17) is 11.6 Å². The van der Waals surface area contributed by atoms with Crippen molar-refractivity contribution in [2.45, 2.75) is 18.9 Å². The smallest absolute Gasteiger partial charge is 0.254 e. The Bertz CT molecular complexity index is 1040. The molecule has 144 valence electrons. The van der Waals surface area contributed by atoms with E-state index in [2.05, 4.69) is 15.2 Å². The van der Waals surface area contributed by atoms with Gasteiger partial charge in [-0.15, -0.1) is 0 Å². The van der Waals surface area contributed by atoms with Crippen molar-refractivity contribution in [2.24, 2.45) is 0 Å². The molecule has 1 aliphatic rings. The van der Waals surface area contributed by atoms with Gasteiger partial charge in [-0.3, -0.25) is 9.78 Å². The Kier molecular flexibility index (Phi) is 5.13. The summed E-state index contributed by atoms with van der Waals surface area (Å²) in [6.07, 6.45) is 3.12. The summed E-state index contributed by atoms with van der Waals surface area (Å²) in [6.45, 7) is 1.44. The molecule has 0 radical (unpaired) electrons. The number of nitrogens with one attached hydrogen (secondary N) is 1. The lowest BCUT2D eigenvalue weighted by Gasteiger charge is -2.34. The van der Waals surface area contributed by atoms with Gasteiger partial charge in [-0.1, -0.05) is 17.7 Å². The molecule has 4 rings (SSSR count). The van der Waals surface area contributed by atoms with Crippen molar-refractivity contribution >= 4 is 34.1 Å². The van der Waals surface area contributed by atoms with Crippen LogP contribution in [0, 0.1) is 11.6 Å². The van der Waals surface area contributed by atoms with E-state index in [0.29, 0.717) is 5.52 Å². The lowest BCUT2D eigenvalue weighted by Crippen LogP contribution is -2.45. The van der Waals surface area contributed by atoms with E-state index in [1.807, 2.05) is 6.07 Å². The summed E-state index contributed by atoms with van der Waals surface area (Å²) in [5.74, 6) is -1.47. The van der Waals surface area contributed by atoms with Crippen molar-refractivity contribution in [3.05, 3.63) is 70.9 Å². The fourth-order valence-electron chi connectivity index (χ4n) is 3.59. The van der Waals surface area contributed by atoms with Crippen molar-refractivity contribution < 1.29 is 13.6 Å². The van der Waals surface area contributed by atoms with Gasteiger partial charge in [0.15, 0.2) is 5.82 Å². The van der Waals surface area contributed by atoms with E-state index in [1.165, 1.54) is 24.3 Å². The van der Waals surface area contributed by atoms with Crippen molar-refractivity contribution in [1.29, 1.82) is 0 Å². The average molecular weight is 402 g/mol. The van der Waals surface area contributed by atoms with Crippen LogP contribution in [0.5, 0.6) is 0 Å². The van der Waals surface area contributed by atoms with Crippen LogP contribution in [-0.2, 0) is 0 Å². The van der Waals surface area contributed by atoms with Crippen LogP contribution in [0.1, 0.15) is 23.2 Å². The minimum atomic E-state index is -0.699. The Labute approximate surface area is 166 Å². The molecule has 4 nitrogen and oxygen atoms in total. The van der Waals surface area contributed by atoms with E-state index in [0.717, 1.165) is 37.0 Å². The second-order valence-electron chi connectivity index (χ2n) is 6.83. The molecule has 0 spiro atoms. The van der Waals surface area contributed by atoms with Gasteiger partial charge in [-0.05, 0) is 43.2 Å². The van der Waals surface area contributed by atoms with Gasteiger partial charge in [0.1, 0.15) is 5.82 Å². The Balaban J connectivity index is 1.44. The molecule has 1 aromatic heterocycles. The summed E-state index contributed by atoms with van der Waals surface area (Å²) >= 11 is 5.75. The molecule has 0 atom stereocenters. The fraction of sp³-hybridized carbons (Fsp3) is 0.238. The minimum Gasteiger partial charge on any atom is -0.371 e. The van der Waals surface area contributed by atoms with Crippen LogP contribution < -0.4 is 10.2 Å². The summed E-state index contributed by atoms with van der Waals surface area (Å²) in [5.41, 5.74) is 1.57. The molecule has 1 fully saturated rings. The first-order valence-corrected chi connectivity index (χ1v) is 9.45. The molecule has 0 unspecified atom stereocenters. The third-order valence-corrected chi connectivity index (χ3v) is 5.34. The topological polar surface area (TPSA) is 45.2 Å². The average Bonchev–Trinajstić information content (AvgIpc) is 2.70. The summed E-state index contributed by atoms with van der Waals surface area (Å²) in [6, 6.07) is 10.9. The maximum Gasteiger partial charge on any atom is 0.254 e. The van der Waals surface area contributed by atoms with E-state index in [1.54, 1.807) is 18.3 Å². The van der Waals surface area contributed by atoms with Gasteiger partial charge in [0.25, 0.3) is 5.91 Å². The molecule has 1 amide bonds. The molecule has 2 heterocycles.